The van der Waals surface area contributed by atoms with E-state index in [-0.39, 0.29) is 0 Å². The van der Waals surface area contributed by atoms with Crippen molar-refractivity contribution in [3.8, 4) is 0 Å². The summed E-state index contributed by atoms with van der Waals surface area (Å²) in [5.74, 6) is 0. The zero-order valence-corrected chi connectivity index (χ0v) is 15.7. The van der Waals surface area contributed by atoms with Crippen LogP contribution in [0.5, 0.6) is 0 Å². The van der Waals surface area contributed by atoms with Crippen molar-refractivity contribution < 1.29 is 8.42 Å². The summed E-state index contributed by atoms with van der Waals surface area (Å²) in [6.45, 7) is 5.03. The fraction of sp³-hybridized carbons (Fsp3) is 0.500. The number of nitrogens with zero attached hydrogens (tertiary/aromatic N) is 2. The SMILES string of the molecule is CCCNC(=S)N1CCN(S(=O)(=O)c2ccccc2Br)CC1. The van der Waals surface area contributed by atoms with Gasteiger partial charge in [-0.3, -0.25) is 0 Å². The van der Waals surface area contributed by atoms with Crippen molar-refractivity contribution in [3.05, 3.63) is 28.7 Å². The Morgan fingerprint density at radius 2 is 1.91 bits per heavy atom. The predicted molar refractivity (Wildman–Crippen MR) is 95.4 cm³/mol. The minimum absolute atomic E-state index is 0.315. The highest BCUT2D eigenvalue weighted by Crippen LogP contribution is 2.25. The molecule has 1 aliphatic rings. The molecular weight excluding hydrogens is 386 g/mol. The number of thiocarbonyl (C=S) groups is 1. The molecule has 0 radical (unpaired) electrons. The predicted octanol–water partition coefficient (Wildman–Crippen LogP) is 2.04. The van der Waals surface area contributed by atoms with Gasteiger partial charge in [-0.25, -0.2) is 8.42 Å². The molecule has 1 aliphatic heterocycles. The van der Waals surface area contributed by atoms with Crippen LogP contribution in [0.25, 0.3) is 0 Å². The number of rotatable bonds is 4. The number of nitrogens with one attached hydrogen (secondary N) is 1. The first-order valence-electron chi connectivity index (χ1n) is 7.24. The maximum atomic E-state index is 12.7. The summed E-state index contributed by atoms with van der Waals surface area (Å²) in [6.07, 6.45) is 1.01. The lowest BCUT2D eigenvalue weighted by Gasteiger charge is -2.35. The number of hydrogen-bond donors (Lipinski definition) is 1. The van der Waals surface area contributed by atoms with Crippen molar-refractivity contribution in [3.63, 3.8) is 0 Å². The van der Waals surface area contributed by atoms with Crippen molar-refractivity contribution in [2.24, 2.45) is 0 Å². The number of piperazine rings is 1. The molecule has 1 heterocycles. The molecule has 1 aromatic carbocycles. The standard InChI is InChI=1S/C14H20BrN3O2S2/c1-2-7-16-14(21)17-8-10-18(11-9-17)22(19,20)13-6-4-3-5-12(13)15/h3-6H,2,7-11H2,1H3,(H,16,21). The van der Waals surface area contributed by atoms with Gasteiger partial charge in [0.25, 0.3) is 0 Å². The molecule has 0 aromatic heterocycles. The molecule has 22 heavy (non-hydrogen) atoms. The Balaban J connectivity index is 2.02. The van der Waals surface area contributed by atoms with E-state index in [9.17, 15) is 8.42 Å². The summed E-state index contributed by atoms with van der Waals surface area (Å²) in [7, 11) is -3.46. The van der Waals surface area contributed by atoms with Crippen LogP contribution in [0.2, 0.25) is 0 Å². The van der Waals surface area contributed by atoms with E-state index < -0.39 is 10.0 Å². The monoisotopic (exact) mass is 405 g/mol. The van der Waals surface area contributed by atoms with Gasteiger partial charge in [-0.15, -0.1) is 0 Å². The fourth-order valence-electron chi connectivity index (χ4n) is 2.27. The van der Waals surface area contributed by atoms with E-state index in [2.05, 4.69) is 28.2 Å². The molecule has 0 spiro atoms. The van der Waals surface area contributed by atoms with Crippen molar-refractivity contribution in [2.45, 2.75) is 18.2 Å². The van der Waals surface area contributed by atoms with Crippen LogP contribution >= 0.6 is 28.1 Å². The Morgan fingerprint density at radius 1 is 1.27 bits per heavy atom. The summed E-state index contributed by atoms with van der Waals surface area (Å²) >= 11 is 8.64. The van der Waals surface area contributed by atoms with Gasteiger partial charge < -0.3 is 10.2 Å². The van der Waals surface area contributed by atoms with Crippen LogP contribution < -0.4 is 5.32 Å². The van der Waals surface area contributed by atoms with E-state index >= 15 is 0 Å². The van der Waals surface area contributed by atoms with Crippen LogP contribution in [0.3, 0.4) is 0 Å². The molecule has 0 amide bonds. The van der Waals surface area contributed by atoms with E-state index in [0.29, 0.717) is 40.7 Å². The summed E-state index contributed by atoms with van der Waals surface area (Å²) < 4.78 is 27.5. The molecule has 122 valence electrons. The number of sulfonamides is 1. The van der Waals surface area contributed by atoms with Crippen LogP contribution in [0.15, 0.2) is 33.6 Å². The molecule has 0 aliphatic carbocycles. The molecule has 5 nitrogen and oxygen atoms in total. The Labute approximate surface area is 145 Å². The smallest absolute Gasteiger partial charge is 0.244 e. The normalized spacial score (nSPS) is 16.5. The second-order valence-corrected chi connectivity index (χ2v) is 8.20. The fourth-order valence-corrected chi connectivity index (χ4v) is 4.94. The van der Waals surface area contributed by atoms with Crippen molar-refractivity contribution in [2.75, 3.05) is 32.7 Å². The van der Waals surface area contributed by atoms with Crippen LogP contribution in [-0.2, 0) is 10.0 Å². The molecule has 0 bridgehead atoms. The molecule has 0 saturated carbocycles. The van der Waals surface area contributed by atoms with E-state index in [0.717, 1.165) is 13.0 Å². The zero-order valence-electron chi connectivity index (χ0n) is 12.5. The van der Waals surface area contributed by atoms with Crippen molar-refractivity contribution in [1.82, 2.24) is 14.5 Å². The van der Waals surface area contributed by atoms with Gasteiger partial charge in [-0.2, -0.15) is 4.31 Å². The summed E-state index contributed by atoms with van der Waals surface area (Å²) in [5.41, 5.74) is 0. The van der Waals surface area contributed by atoms with Gasteiger partial charge in [-0.05, 0) is 46.7 Å². The quantitative estimate of drug-likeness (QED) is 0.776. The van der Waals surface area contributed by atoms with Crippen molar-refractivity contribution in [1.29, 1.82) is 0 Å². The highest BCUT2D eigenvalue weighted by atomic mass is 79.9. The van der Waals surface area contributed by atoms with Crippen LogP contribution in [0.4, 0.5) is 0 Å². The molecular formula is C14H20BrN3O2S2. The third-order valence-electron chi connectivity index (χ3n) is 3.51. The van der Waals surface area contributed by atoms with Gasteiger partial charge in [0.2, 0.25) is 10.0 Å². The first-order chi connectivity index (χ1) is 10.5. The van der Waals surface area contributed by atoms with Gasteiger partial charge in [-0.1, -0.05) is 19.1 Å². The average molecular weight is 406 g/mol. The van der Waals surface area contributed by atoms with E-state index in [1.54, 1.807) is 24.3 Å². The van der Waals surface area contributed by atoms with Crippen molar-refractivity contribution >= 4 is 43.3 Å². The molecule has 0 atom stereocenters. The third kappa shape index (κ3) is 3.98. The zero-order chi connectivity index (χ0) is 16.2. The minimum Gasteiger partial charge on any atom is -0.363 e. The molecule has 1 aromatic rings. The van der Waals surface area contributed by atoms with Crippen LogP contribution in [-0.4, -0.2) is 55.5 Å². The highest BCUT2D eigenvalue weighted by molar-refractivity contribution is 9.10. The Kier molecular flexibility index (Phi) is 6.19. The summed E-state index contributed by atoms with van der Waals surface area (Å²) in [4.78, 5) is 2.34. The molecule has 2 rings (SSSR count). The van der Waals surface area contributed by atoms with Gasteiger partial charge in [0.05, 0.1) is 4.90 Å². The molecule has 8 heteroatoms. The highest BCUT2D eigenvalue weighted by Gasteiger charge is 2.30. The topological polar surface area (TPSA) is 52.6 Å². The van der Waals surface area contributed by atoms with Gasteiger partial charge in [0.15, 0.2) is 5.11 Å². The summed E-state index contributed by atoms with van der Waals surface area (Å²) in [6, 6.07) is 6.91. The van der Waals surface area contributed by atoms with Crippen LogP contribution in [0.1, 0.15) is 13.3 Å². The van der Waals surface area contributed by atoms with Gasteiger partial charge in [0, 0.05) is 37.2 Å². The first-order valence-corrected chi connectivity index (χ1v) is 9.88. The molecule has 0 unspecified atom stereocenters. The lowest BCUT2D eigenvalue weighted by Crippen LogP contribution is -2.53. The lowest BCUT2D eigenvalue weighted by atomic mass is 10.4. The maximum absolute atomic E-state index is 12.7. The Morgan fingerprint density at radius 3 is 2.50 bits per heavy atom. The maximum Gasteiger partial charge on any atom is 0.244 e. The van der Waals surface area contributed by atoms with E-state index in [4.69, 9.17) is 12.2 Å². The number of halogens is 1. The molecule has 1 saturated heterocycles. The van der Waals surface area contributed by atoms with E-state index in [1.807, 2.05) is 4.90 Å². The van der Waals surface area contributed by atoms with Gasteiger partial charge in [0.1, 0.15) is 0 Å². The Bertz CT molecular complexity index is 629. The minimum atomic E-state index is -3.46. The van der Waals surface area contributed by atoms with E-state index in [1.165, 1.54) is 4.31 Å². The van der Waals surface area contributed by atoms with Crippen LogP contribution in [0, 0.1) is 0 Å². The first kappa shape index (κ1) is 17.7. The second-order valence-electron chi connectivity index (χ2n) is 5.05. The molecule has 1 fully saturated rings. The molecule has 1 N–H and O–H groups in total. The lowest BCUT2D eigenvalue weighted by molar-refractivity contribution is 0.264. The Hall–Kier alpha value is -0.700. The second kappa shape index (κ2) is 7.72. The average Bonchev–Trinajstić information content (AvgIpc) is 2.53. The number of benzene rings is 1. The summed E-state index contributed by atoms with van der Waals surface area (Å²) in [5, 5.41) is 3.89. The largest absolute Gasteiger partial charge is 0.363 e. The number of hydrogen-bond acceptors (Lipinski definition) is 3. The third-order valence-corrected chi connectivity index (χ3v) is 6.82. The van der Waals surface area contributed by atoms with Gasteiger partial charge >= 0.3 is 0 Å².